The molecule has 0 amide bonds. The number of rotatable bonds is 1. The Morgan fingerprint density at radius 1 is 1.60 bits per heavy atom. The van der Waals surface area contributed by atoms with Gasteiger partial charge in [-0.2, -0.15) is 0 Å². The number of nitrogens with two attached hydrogens (primary N) is 1. The zero-order chi connectivity index (χ0) is 10.8. The fourth-order valence-electron chi connectivity index (χ4n) is 1.75. The van der Waals surface area contributed by atoms with Gasteiger partial charge in [0.15, 0.2) is 0 Å². The van der Waals surface area contributed by atoms with Crippen molar-refractivity contribution in [3.63, 3.8) is 0 Å². The van der Waals surface area contributed by atoms with E-state index in [4.69, 9.17) is 10.5 Å². The summed E-state index contributed by atoms with van der Waals surface area (Å²) in [7, 11) is 1.38. The van der Waals surface area contributed by atoms with Crippen molar-refractivity contribution in [3.8, 4) is 5.75 Å². The molecule has 1 unspecified atom stereocenters. The lowest BCUT2D eigenvalue weighted by Gasteiger charge is -2.24. The second-order valence-corrected chi connectivity index (χ2v) is 3.56. The van der Waals surface area contributed by atoms with Crippen LogP contribution in [0.15, 0.2) is 18.2 Å². The first kappa shape index (κ1) is 9.83. The lowest BCUT2D eigenvalue weighted by Crippen LogP contribution is -2.29. The van der Waals surface area contributed by atoms with Gasteiger partial charge in [-0.3, -0.25) is 4.79 Å². The molecule has 1 aromatic rings. The van der Waals surface area contributed by atoms with E-state index in [1.807, 2.05) is 18.2 Å². The van der Waals surface area contributed by atoms with Crippen molar-refractivity contribution in [2.24, 2.45) is 5.92 Å². The van der Waals surface area contributed by atoms with Crippen LogP contribution in [0.25, 0.3) is 0 Å². The zero-order valence-corrected chi connectivity index (χ0v) is 8.53. The number of carbonyl (C=O) groups is 1. The first-order chi connectivity index (χ1) is 7.22. The molecule has 80 valence electrons. The molecule has 4 nitrogen and oxygen atoms in total. The predicted octanol–water partition coefficient (Wildman–Crippen LogP) is 0.993. The standard InChI is InChI=1S/C11H13NO3/c1-14-11(13)7-5-8-9(12)3-2-4-10(8)15-6-7/h2-4,7H,5-6,12H2,1H3. The fraction of sp³-hybridized carbons (Fsp3) is 0.364. The number of esters is 1. The van der Waals surface area contributed by atoms with Crippen LogP contribution in [0.5, 0.6) is 5.75 Å². The van der Waals surface area contributed by atoms with Crippen molar-refractivity contribution in [2.75, 3.05) is 19.5 Å². The molecule has 1 atom stereocenters. The number of ether oxygens (including phenoxy) is 2. The molecule has 0 saturated carbocycles. The van der Waals surface area contributed by atoms with E-state index in [-0.39, 0.29) is 11.9 Å². The molecule has 2 N–H and O–H groups in total. The van der Waals surface area contributed by atoms with Crippen LogP contribution in [-0.4, -0.2) is 19.7 Å². The summed E-state index contributed by atoms with van der Waals surface area (Å²) in [5.41, 5.74) is 7.38. The molecule has 0 spiro atoms. The van der Waals surface area contributed by atoms with E-state index in [0.29, 0.717) is 18.7 Å². The van der Waals surface area contributed by atoms with E-state index in [9.17, 15) is 4.79 Å². The summed E-state index contributed by atoms with van der Waals surface area (Å²) in [6.45, 7) is 0.364. The highest BCUT2D eigenvalue weighted by molar-refractivity contribution is 5.74. The Labute approximate surface area is 88.0 Å². The molecule has 0 fully saturated rings. The Morgan fingerprint density at radius 3 is 3.13 bits per heavy atom. The molecule has 0 aliphatic carbocycles. The monoisotopic (exact) mass is 207 g/mol. The van der Waals surface area contributed by atoms with Crippen LogP contribution in [0.1, 0.15) is 5.56 Å². The van der Waals surface area contributed by atoms with Gasteiger partial charge in [0.2, 0.25) is 0 Å². The van der Waals surface area contributed by atoms with Crippen LogP contribution in [-0.2, 0) is 16.0 Å². The van der Waals surface area contributed by atoms with E-state index >= 15 is 0 Å². The van der Waals surface area contributed by atoms with Crippen molar-refractivity contribution in [2.45, 2.75) is 6.42 Å². The summed E-state index contributed by atoms with van der Waals surface area (Å²) < 4.78 is 10.1. The number of benzene rings is 1. The van der Waals surface area contributed by atoms with Crippen molar-refractivity contribution >= 4 is 11.7 Å². The second-order valence-electron chi connectivity index (χ2n) is 3.56. The molecule has 0 bridgehead atoms. The molecule has 2 rings (SSSR count). The summed E-state index contributed by atoms with van der Waals surface area (Å²) in [5.74, 6) is 0.284. The third-order valence-corrected chi connectivity index (χ3v) is 2.59. The maximum atomic E-state index is 11.3. The van der Waals surface area contributed by atoms with Gasteiger partial charge in [-0.25, -0.2) is 0 Å². The van der Waals surface area contributed by atoms with E-state index in [1.165, 1.54) is 7.11 Å². The highest BCUT2D eigenvalue weighted by Gasteiger charge is 2.27. The van der Waals surface area contributed by atoms with Crippen LogP contribution >= 0.6 is 0 Å². The lowest BCUT2D eigenvalue weighted by molar-refractivity contribution is -0.146. The van der Waals surface area contributed by atoms with E-state index in [0.717, 1.165) is 11.3 Å². The van der Waals surface area contributed by atoms with Crippen LogP contribution in [0.2, 0.25) is 0 Å². The van der Waals surface area contributed by atoms with Crippen LogP contribution in [0, 0.1) is 5.92 Å². The minimum absolute atomic E-state index is 0.243. The van der Waals surface area contributed by atoms with Gasteiger partial charge in [0.05, 0.1) is 13.0 Å². The quantitative estimate of drug-likeness (QED) is 0.551. The van der Waals surface area contributed by atoms with Crippen LogP contribution in [0.4, 0.5) is 5.69 Å². The van der Waals surface area contributed by atoms with E-state index < -0.39 is 0 Å². The minimum atomic E-state index is -0.246. The van der Waals surface area contributed by atoms with Gasteiger partial charge in [-0.1, -0.05) is 6.07 Å². The van der Waals surface area contributed by atoms with Crippen molar-refractivity contribution in [1.82, 2.24) is 0 Å². The van der Waals surface area contributed by atoms with Gasteiger partial charge < -0.3 is 15.2 Å². The molecule has 0 saturated heterocycles. The van der Waals surface area contributed by atoms with Gasteiger partial charge >= 0.3 is 5.97 Å². The molecular formula is C11H13NO3. The number of hydrogen-bond acceptors (Lipinski definition) is 4. The maximum Gasteiger partial charge on any atom is 0.312 e. The van der Waals surface area contributed by atoms with E-state index in [1.54, 1.807) is 0 Å². The molecule has 0 radical (unpaired) electrons. The Morgan fingerprint density at radius 2 is 2.40 bits per heavy atom. The van der Waals surface area contributed by atoms with Crippen LogP contribution in [0.3, 0.4) is 0 Å². The fourth-order valence-corrected chi connectivity index (χ4v) is 1.75. The SMILES string of the molecule is COC(=O)C1COc2cccc(N)c2C1. The maximum absolute atomic E-state index is 11.3. The number of nitrogen functional groups attached to an aromatic ring is 1. The number of hydrogen-bond donors (Lipinski definition) is 1. The summed E-state index contributed by atoms with van der Waals surface area (Å²) in [6, 6.07) is 5.51. The smallest absolute Gasteiger partial charge is 0.312 e. The zero-order valence-electron chi connectivity index (χ0n) is 8.53. The number of methoxy groups -OCH3 is 1. The van der Waals surface area contributed by atoms with Crippen molar-refractivity contribution < 1.29 is 14.3 Å². The van der Waals surface area contributed by atoms with Gasteiger partial charge in [-0.15, -0.1) is 0 Å². The molecule has 1 heterocycles. The Bertz CT molecular complexity index is 389. The van der Waals surface area contributed by atoms with Crippen LogP contribution < -0.4 is 10.5 Å². The normalized spacial score (nSPS) is 18.9. The molecule has 0 aromatic heterocycles. The van der Waals surface area contributed by atoms with Gasteiger partial charge in [-0.05, 0) is 18.6 Å². The van der Waals surface area contributed by atoms with Crippen molar-refractivity contribution in [3.05, 3.63) is 23.8 Å². The third-order valence-electron chi connectivity index (χ3n) is 2.59. The van der Waals surface area contributed by atoms with Gasteiger partial charge in [0.1, 0.15) is 12.4 Å². The summed E-state index contributed by atoms with van der Waals surface area (Å²) in [5, 5.41) is 0. The first-order valence-electron chi connectivity index (χ1n) is 4.80. The molecule has 1 aromatic carbocycles. The molecular weight excluding hydrogens is 194 g/mol. The predicted molar refractivity (Wildman–Crippen MR) is 55.6 cm³/mol. The van der Waals surface area contributed by atoms with Gasteiger partial charge in [0.25, 0.3) is 0 Å². The highest BCUT2D eigenvalue weighted by atomic mass is 16.5. The number of carbonyl (C=O) groups excluding carboxylic acids is 1. The van der Waals surface area contributed by atoms with Gasteiger partial charge in [0, 0.05) is 11.3 Å². The number of anilines is 1. The Hall–Kier alpha value is -1.71. The minimum Gasteiger partial charge on any atom is -0.492 e. The topological polar surface area (TPSA) is 61.5 Å². The summed E-state index contributed by atoms with van der Waals surface area (Å²) >= 11 is 0. The lowest BCUT2D eigenvalue weighted by atomic mass is 9.95. The molecule has 15 heavy (non-hydrogen) atoms. The largest absolute Gasteiger partial charge is 0.492 e. The first-order valence-corrected chi connectivity index (χ1v) is 4.80. The number of fused-ring (bicyclic) bond motifs is 1. The average molecular weight is 207 g/mol. The molecule has 1 aliphatic heterocycles. The highest BCUT2D eigenvalue weighted by Crippen LogP contribution is 2.31. The molecule has 4 heteroatoms. The van der Waals surface area contributed by atoms with E-state index in [2.05, 4.69) is 4.74 Å². The summed E-state index contributed by atoms with van der Waals surface area (Å²) in [4.78, 5) is 11.3. The van der Waals surface area contributed by atoms with Crippen molar-refractivity contribution in [1.29, 1.82) is 0 Å². The Kier molecular flexibility index (Phi) is 2.49. The molecule has 1 aliphatic rings. The third kappa shape index (κ3) is 1.75. The Balaban J connectivity index is 2.26. The summed E-state index contributed by atoms with van der Waals surface area (Å²) in [6.07, 6.45) is 0.592. The second kappa shape index (κ2) is 3.81. The average Bonchev–Trinajstić information content (AvgIpc) is 2.28.